The SMILES string of the molecule is CC(C(=O)Nc1[nH]nc2c1CN(C(N)=O)C2)c1ccc2ccccc2c1. The molecule has 1 aliphatic heterocycles. The molecule has 7 nitrogen and oxygen atoms in total. The maximum Gasteiger partial charge on any atom is 0.315 e. The maximum atomic E-state index is 12.7. The molecule has 0 saturated carbocycles. The Morgan fingerprint density at radius 1 is 1.19 bits per heavy atom. The molecule has 0 aliphatic carbocycles. The van der Waals surface area contributed by atoms with E-state index in [0.717, 1.165) is 27.6 Å². The Balaban J connectivity index is 1.52. The Morgan fingerprint density at radius 2 is 1.96 bits per heavy atom. The fourth-order valence-electron chi connectivity index (χ4n) is 3.25. The lowest BCUT2D eigenvalue weighted by molar-refractivity contribution is -0.117. The minimum Gasteiger partial charge on any atom is -0.351 e. The number of hydrogen-bond donors (Lipinski definition) is 3. The molecule has 0 saturated heterocycles. The van der Waals surface area contributed by atoms with Gasteiger partial charge in [0.15, 0.2) is 0 Å². The molecule has 1 aliphatic rings. The molecule has 132 valence electrons. The Bertz CT molecular complexity index is 1010. The summed E-state index contributed by atoms with van der Waals surface area (Å²) in [6.07, 6.45) is 0. The van der Waals surface area contributed by atoms with Gasteiger partial charge in [0.05, 0.1) is 24.7 Å². The van der Waals surface area contributed by atoms with Crippen molar-refractivity contribution in [2.24, 2.45) is 5.73 Å². The van der Waals surface area contributed by atoms with E-state index in [1.54, 1.807) is 0 Å². The zero-order valence-electron chi connectivity index (χ0n) is 14.3. The molecule has 2 aromatic carbocycles. The van der Waals surface area contributed by atoms with E-state index in [1.165, 1.54) is 4.90 Å². The van der Waals surface area contributed by atoms with Crippen molar-refractivity contribution in [2.45, 2.75) is 25.9 Å². The van der Waals surface area contributed by atoms with Crippen molar-refractivity contribution in [2.75, 3.05) is 5.32 Å². The number of anilines is 1. The Hall–Kier alpha value is -3.35. The van der Waals surface area contributed by atoms with Gasteiger partial charge in [-0.2, -0.15) is 5.10 Å². The number of nitrogens with one attached hydrogen (secondary N) is 2. The van der Waals surface area contributed by atoms with Crippen LogP contribution in [0.15, 0.2) is 42.5 Å². The highest BCUT2D eigenvalue weighted by atomic mass is 16.2. The molecule has 0 fully saturated rings. The summed E-state index contributed by atoms with van der Waals surface area (Å²) in [6.45, 7) is 2.57. The van der Waals surface area contributed by atoms with Gasteiger partial charge in [0, 0.05) is 5.56 Å². The minimum absolute atomic E-state index is 0.135. The lowest BCUT2D eigenvalue weighted by Gasteiger charge is -2.14. The van der Waals surface area contributed by atoms with Gasteiger partial charge in [-0.25, -0.2) is 4.79 Å². The Kier molecular flexibility index (Phi) is 3.84. The highest BCUT2D eigenvalue weighted by Gasteiger charge is 2.28. The molecule has 0 spiro atoms. The third-order valence-corrected chi connectivity index (χ3v) is 4.87. The number of carbonyl (C=O) groups is 2. The van der Waals surface area contributed by atoms with E-state index in [4.69, 9.17) is 5.73 Å². The van der Waals surface area contributed by atoms with Gasteiger partial charge in [0.25, 0.3) is 0 Å². The smallest absolute Gasteiger partial charge is 0.315 e. The molecular weight excluding hydrogens is 330 g/mol. The van der Waals surface area contributed by atoms with Crippen molar-refractivity contribution in [1.29, 1.82) is 0 Å². The molecule has 1 aromatic heterocycles. The molecule has 1 unspecified atom stereocenters. The monoisotopic (exact) mass is 349 g/mol. The first-order valence-electron chi connectivity index (χ1n) is 8.43. The van der Waals surface area contributed by atoms with Crippen LogP contribution in [0.3, 0.4) is 0 Å². The molecule has 26 heavy (non-hydrogen) atoms. The first kappa shape index (κ1) is 16.1. The average Bonchev–Trinajstić information content (AvgIpc) is 3.22. The van der Waals surface area contributed by atoms with Gasteiger partial charge in [0.1, 0.15) is 5.82 Å². The number of nitrogens with zero attached hydrogens (tertiary/aromatic N) is 2. The van der Waals surface area contributed by atoms with Crippen LogP contribution in [0.2, 0.25) is 0 Å². The van der Waals surface area contributed by atoms with Gasteiger partial charge in [0.2, 0.25) is 5.91 Å². The van der Waals surface area contributed by atoms with Crippen LogP contribution < -0.4 is 11.1 Å². The first-order chi connectivity index (χ1) is 12.5. The van der Waals surface area contributed by atoms with E-state index in [9.17, 15) is 9.59 Å². The quantitative estimate of drug-likeness (QED) is 0.677. The largest absolute Gasteiger partial charge is 0.351 e. The minimum atomic E-state index is -0.496. The summed E-state index contributed by atoms with van der Waals surface area (Å²) in [7, 11) is 0. The summed E-state index contributed by atoms with van der Waals surface area (Å²) in [6, 6.07) is 13.6. The van der Waals surface area contributed by atoms with Crippen LogP contribution in [0.4, 0.5) is 10.6 Å². The van der Waals surface area contributed by atoms with Gasteiger partial charge in [-0.1, -0.05) is 42.5 Å². The van der Waals surface area contributed by atoms with Crippen molar-refractivity contribution in [1.82, 2.24) is 15.1 Å². The second kappa shape index (κ2) is 6.18. The van der Waals surface area contributed by atoms with Gasteiger partial charge < -0.3 is 16.0 Å². The van der Waals surface area contributed by atoms with Crippen LogP contribution in [-0.4, -0.2) is 27.0 Å². The van der Waals surface area contributed by atoms with Gasteiger partial charge >= 0.3 is 6.03 Å². The van der Waals surface area contributed by atoms with Crippen LogP contribution in [0, 0.1) is 0 Å². The van der Waals surface area contributed by atoms with E-state index in [2.05, 4.69) is 15.5 Å². The van der Waals surface area contributed by atoms with Crippen LogP contribution in [0.5, 0.6) is 0 Å². The summed E-state index contributed by atoms with van der Waals surface area (Å²) in [4.78, 5) is 25.5. The van der Waals surface area contributed by atoms with E-state index in [0.29, 0.717) is 18.9 Å². The van der Waals surface area contributed by atoms with E-state index in [1.807, 2.05) is 49.4 Å². The highest BCUT2D eigenvalue weighted by molar-refractivity contribution is 5.96. The zero-order chi connectivity index (χ0) is 18.3. The number of H-pyrrole nitrogens is 1. The standard InChI is InChI=1S/C19H19N5O2/c1-11(13-7-6-12-4-2-3-5-14(12)8-13)18(25)21-17-15-9-24(19(20)26)10-16(15)22-23-17/h2-8,11H,9-10H2,1H3,(H2,20,26)(H2,21,22,23,25). The van der Waals surface area contributed by atoms with Crippen molar-refractivity contribution in [3.63, 3.8) is 0 Å². The molecule has 4 rings (SSSR count). The topological polar surface area (TPSA) is 104 Å². The number of nitrogens with two attached hydrogens (primary N) is 1. The predicted octanol–water partition coefficient (Wildman–Crippen LogP) is 2.70. The third-order valence-electron chi connectivity index (χ3n) is 4.87. The van der Waals surface area contributed by atoms with Gasteiger partial charge in [-0.05, 0) is 23.3 Å². The summed E-state index contributed by atoms with van der Waals surface area (Å²) in [5, 5.41) is 12.1. The number of urea groups is 1. The summed E-state index contributed by atoms with van der Waals surface area (Å²) >= 11 is 0. The van der Waals surface area contributed by atoms with E-state index >= 15 is 0 Å². The van der Waals surface area contributed by atoms with Crippen molar-refractivity contribution >= 4 is 28.5 Å². The van der Waals surface area contributed by atoms with Crippen molar-refractivity contribution in [3.8, 4) is 0 Å². The number of amides is 3. The maximum absolute atomic E-state index is 12.7. The molecule has 0 bridgehead atoms. The van der Waals surface area contributed by atoms with Crippen molar-refractivity contribution in [3.05, 3.63) is 59.3 Å². The Morgan fingerprint density at radius 3 is 2.73 bits per heavy atom. The summed E-state index contributed by atoms with van der Waals surface area (Å²) in [5.41, 5.74) is 7.80. The van der Waals surface area contributed by atoms with Crippen molar-refractivity contribution < 1.29 is 9.59 Å². The average molecular weight is 349 g/mol. The Labute approximate surface area is 150 Å². The van der Waals surface area contributed by atoms with Crippen LogP contribution in [0.25, 0.3) is 10.8 Å². The fraction of sp³-hybridized carbons (Fsp3) is 0.211. The van der Waals surface area contributed by atoms with E-state index < -0.39 is 6.03 Å². The number of fused-ring (bicyclic) bond motifs is 2. The number of benzene rings is 2. The second-order valence-electron chi connectivity index (χ2n) is 6.54. The fourth-order valence-corrected chi connectivity index (χ4v) is 3.25. The molecule has 3 amide bonds. The number of aromatic amines is 1. The van der Waals surface area contributed by atoms with Crippen LogP contribution in [-0.2, 0) is 17.9 Å². The molecule has 1 atom stereocenters. The lowest BCUT2D eigenvalue weighted by Crippen LogP contribution is -2.31. The molecular formula is C19H19N5O2. The third kappa shape index (κ3) is 2.77. The molecule has 2 heterocycles. The lowest BCUT2D eigenvalue weighted by atomic mass is 9.97. The molecule has 0 radical (unpaired) electrons. The second-order valence-corrected chi connectivity index (χ2v) is 6.54. The normalized spacial score (nSPS) is 14.3. The number of aromatic nitrogens is 2. The molecule has 4 N–H and O–H groups in total. The van der Waals surface area contributed by atoms with Gasteiger partial charge in [-0.3, -0.25) is 9.89 Å². The highest BCUT2D eigenvalue weighted by Crippen LogP contribution is 2.28. The summed E-state index contributed by atoms with van der Waals surface area (Å²) in [5.74, 6) is 0.0675. The first-order valence-corrected chi connectivity index (χ1v) is 8.43. The van der Waals surface area contributed by atoms with Gasteiger partial charge in [-0.15, -0.1) is 0 Å². The zero-order valence-corrected chi connectivity index (χ0v) is 14.3. The number of rotatable bonds is 3. The number of carbonyl (C=O) groups excluding carboxylic acids is 2. The van der Waals surface area contributed by atoms with Crippen LogP contribution >= 0.6 is 0 Å². The molecule has 7 heteroatoms. The number of hydrogen-bond acceptors (Lipinski definition) is 3. The molecule has 3 aromatic rings. The van der Waals surface area contributed by atoms with E-state index in [-0.39, 0.29) is 11.8 Å². The summed E-state index contributed by atoms with van der Waals surface area (Å²) < 4.78 is 0. The van der Waals surface area contributed by atoms with Crippen LogP contribution in [0.1, 0.15) is 29.7 Å². The number of primary amides is 1. The predicted molar refractivity (Wildman–Crippen MR) is 98.4 cm³/mol.